The first kappa shape index (κ1) is 14.8. The van der Waals surface area contributed by atoms with Gasteiger partial charge in [-0.25, -0.2) is 14.4 Å². The zero-order valence-electron chi connectivity index (χ0n) is 11.9. The standard InChI is InChI=1S/C15H12FN3OS2/c1-8-13(22-9(2)17-8)14(20)19-15-18-12(7-21-15)10-3-5-11(16)6-4-10/h3-7H,1-2H3,(H,18,19,20). The third-order valence-electron chi connectivity index (χ3n) is 2.97. The molecule has 0 radical (unpaired) electrons. The summed E-state index contributed by atoms with van der Waals surface area (Å²) in [5.74, 6) is -0.494. The Morgan fingerprint density at radius 2 is 1.91 bits per heavy atom. The summed E-state index contributed by atoms with van der Waals surface area (Å²) in [5, 5.41) is 5.97. The maximum absolute atomic E-state index is 12.9. The lowest BCUT2D eigenvalue weighted by molar-refractivity contribution is 0.103. The molecule has 7 heteroatoms. The van der Waals surface area contributed by atoms with E-state index < -0.39 is 0 Å². The Kier molecular flexibility index (Phi) is 4.00. The molecule has 0 unspecified atom stereocenters. The fraction of sp³-hybridized carbons (Fsp3) is 0.133. The van der Waals surface area contributed by atoms with E-state index in [1.807, 2.05) is 19.2 Å². The topological polar surface area (TPSA) is 54.9 Å². The van der Waals surface area contributed by atoms with Gasteiger partial charge in [-0.2, -0.15) is 0 Å². The van der Waals surface area contributed by atoms with Gasteiger partial charge in [0.15, 0.2) is 5.13 Å². The number of nitrogens with zero attached hydrogens (tertiary/aromatic N) is 2. The molecule has 1 amide bonds. The lowest BCUT2D eigenvalue weighted by Crippen LogP contribution is -2.11. The number of rotatable bonds is 3. The molecule has 0 saturated carbocycles. The average molecular weight is 333 g/mol. The van der Waals surface area contributed by atoms with Crippen molar-refractivity contribution in [1.82, 2.24) is 9.97 Å². The van der Waals surface area contributed by atoms with Gasteiger partial charge in [0, 0.05) is 10.9 Å². The van der Waals surface area contributed by atoms with Crippen LogP contribution in [0.5, 0.6) is 0 Å². The predicted octanol–water partition coefficient (Wildman–Crippen LogP) is 4.27. The van der Waals surface area contributed by atoms with Crippen LogP contribution in [-0.2, 0) is 0 Å². The normalized spacial score (nSPS) is 10.7. The second-order valence-corrected chi connectivity index (χ2v) is 6.71. The van der Waals surface area contributed by atoms with Crippen molar-refractivity contribution in [3.63, 3.8) is 0 Å². The number of halogens is 1. The minimum atomic E-state index is -0.288. The van der Waals surface area contributed by atoms with E-state index in [-0.39, 0.29) is 11.7 Å². The van der Waals surface area contributed by atoms with Crippen LogP contribution in [0.3, 0.4) is 0 Å². The SMILES string of the molecule is Cc1nc(C)c(C(=O)Nc2nc(-c3ccc(F)cc3)cs2)s1. The molecule has 0 aliphatic rings. The fourth-order valence-corrected chi connectivity index (χ4v) is 3.51. The van der Waals surface area contributed by atoms with E-state index in [9.17, 15) is 9.18 Å². The summed E-state index contributed by atoms with van der Waals surface area (Å²) in [4.78, 5) is 21.4. The molecule has 22 heavy (non-hydrogen) atoms. The van der Waals surface area contributed by atoms with Crippen molar-refractivity contribution in [3.05, 3.63) is 51.0 Å². The van der Waals surface area contributed by atoms with Gasteiger partial charge in [0.05, 0.1) is 16.4 Å². The van der Waals surface area contributed by atoms with Crippen LogP contribution < -0.4 is 5.32 Å². The Labute approximate surface area is 134 Å². The lowest BCUT2D eigenvalue weighted by atomic mass is 10.2. The number of nitrogens with one attached hydrogen (secondary N) is 1. The number of hydrogen-bond acceptors (Lipinski definition) is 5. The van der Waals surface area contributed by atoms with E-state index in [4.69, 9.17) is 0 Å². The van der Waals surface area contributed by atoms with Gasteiger partial charge in [-0.1, -0.05) is 0 Å². The molecule has 1 aromatic carbocycles. The summed E-state index contributed by atoms with van der Waals surface area (Å²) in [5.41, 5.74) is 2.23. The van der Waals surface area contributed by atoms with Gasteiger partial charge in [0.2, 0.25) is 0 Å². The Bertz CT molecular complexity index is 824. The number of hydrogen-bond donors (Lipinski definition) is 1. The zero-order chi connectivity index (χ0) is 15.7. The van der Waals surface area contributed by atoms with Gasteiger partial charge < -0.3 is 0 Å². The Morgan fingerprint density at radius 1 is 1.18 bits per heavy atom. The molecule has 0 bridgehead atoms. The predicted molar refractivity (Wildman–Crippen MR) is 87.0 cm³/mol. The number of aryl methyl sites for hydroxylation is 2. The Hall–Kier alpha value is -2.12. The van der Waals surface area contributed by atoms with E-state index in [1.54, 1.807) is 12.1 Å². The van der Waals surface area contributed by atoms with Crippen molar-refractivity contribution >= 4 is 33.7 Å². The van der Waals surface area contributed by atoms with Gasteiger partial charge in [0.1, 0.15) is 10.7 Å². The minimum absolute atomic E-state index is 0.205. The van der Waals surface area contributed by atoms with E-state index in [1.165, 1.54) is 34.8 Å². The van der Waals surface area contributed by atoms with Crippen molar-refractivity contribution in [3.8, 4) is 11.3 Å². The number of benzene rings is 1. The molecule has 0 spiro atoms. The summed E-state index contributed by atoms with van der Waals surface area (Å²) in [6.45, 7) is 3.68. The number of anilines is 1. The van der Waals surface area contributed by atoms with Crippen LogP contribution in [0.4, 0.5) is 9.52 Å². The van der Waals surface area contributed by atoms with Crippen molar-refractivity contribution in [2.24, 2.45) is 0 Å². The number of carbonyl (C=O) groups excluding carboxylic acids is 1. The second-order valence-electron chi connectivity index (χ2n) is 4.65. The molecule has 112 valence electrons. The molecule has 4 nitrogen and oxygen atoms in total. The van der Waals surface area contributed by atoms with Gasteiger partial charge in [-0.05, 0) is 38.1 Å². The lowest BCUT2D eigenvalue weighted by Gasteiger charge is -1.99. The third-order valence-corrected chi connectivity index (χ3v) is 4.80. The first-order chi connectivity index (χ1) is 10.5. The van der Waals surface area contributed by atoms with E-state index in [2.05, 4.69) is 15.3 Å². The van der Waals surface area contributed by atoms with Crippen molar-refractivity contribution in [2.45, 2.75) is 13.8 Å². The van der Waals surface area contributed by atoms with Gasteiger partial charge in [-0.15, -0.1) is 22.7 Å². The number of carbonyl (C=O) groups is 1. The smallest absolute Gasteiger partial charge is 0.269 e. The Balaban J connectivity index is 1.78. The molecule has 2 heterocycles. The van der Waals surface area contributed by atoms with Gasteiger partial charge in [0.25, 0.3) is 5.91 Å². The molecule has 0 aliphatic heterocycles. The average Bonchev–Trinajstić information content (AvgIpc) is 3.06. The highest BCUT2D eigenvalue weighted by atomic mass is 32.1. The summed E-state index contributed by atoms with van der Waals surface area (Å²) in [6, 6.07) is 6.09. The minimum Gasteiger partial charge on any atom is -0.297 e. The van der Waals surface area contributed by atoms with E-state index >= 15 is 0 Å². The summed E-state index contributed by atoms with van der Waals surface area (Å²) in [7, 11) is 0. The molecule has 0 saturated heterocycles. The Morgan fingerprint density at radius 3 is 2.55 bits per heavy atom. The molecule has 0 fully saturated rings. The van der Waals surface area contributed by atoms with Crippen LogP contribution >= 0.6 is 22.7 Å². The third kappa shape index (κ3) is 3.05. The zero-order valence-corrected chi connectivity index (χ0v) is 13.5. The number of amides is 1. The van der Waals surface area contributed by atoms with E-state index in [0.717, 1.165) is 16.3 Å². The summed E-state index contributed by atoms with van der Waals surface area (Å²) in [6.07, 6.45) is 0. The van der Waals surface area contributed by atoms with Crippen LogP contribution in [0.1, 0.15) is 20.4 Å². The van der Waals surface area contributed by atoms with Crippen molar-refractivity contribution in [2.75, 3.05) is 5.32 Å². The maximum atomic E-state index is 12.9. The van der Waals surface area contributed by atoms with Crippen LogP contribution in [-0.4, -0.2) is 15.9 Å². The molecular formula is C15H12FN3OS2. The van der Waals surface area contributed by atoms with Crippen LogP contribution in [0.15, 0.2) is 29.6 Å². The fourth-order valence-electron chi connectivity index (χ4n) is 1.98. The quantitative estimate of drug-likeness (QED) is 0.778. The molecule has 3 rings (SSSR count). The maximum Gasteiger partial charge on any atom is 0.269 e. The second kappa shape index (κ2) is 5.94. The highest BCUT2D eigenvalue weighted by Crippen LogP contribution is 2.26. The molecule has 1 N–H and O–H groups in total. The monoisotopic (exact) mass is 333 g/mol. The van der Waals surface area contributed by atoms with Gasteiger partial charge >= 0.3 is 0 Å². The first-order valence-corrected chi connectivity index (χ1v) is 8.19. The largest absolute Gasteiger partial charge is 0.297 e. The number of aromatic nitrogens is 2. The molecule has 0 aliphatic carbocycles. The molecule has 2 aromatic heterocycles. The molecule has 0 atom stereocenters. The highest BCUT2D eigenvalue weighted by molar-refractivity contribution is 7.15. The molecular weight excluding hydrogens is 321 g/mol. The van der Waals surface area contributed by atoms with Crippen LogP contribution in [0.2, 0.25) is 0 Å². The van der Waals surface area contributed by atoms with Crippen molar-refractivity contribution < 1.29 is 9.18 Å². The van der Waals surface area contributed by atoms with E-state index in [0.29, 0.717) is 15.7 Å². The molecule has 3 aromatic rings. The highest BCUT2D eigenvalue weighted by Gasteiger charge is 2.15. The van der Waals surface area contributed by atoms with Crippen LogP contribution in [0.25, 0.3) is 11.3 Å². The van der Waals surface area contributed by atoms with Crippen LogP contribution in [0, 0.1) is 19.7 Å². The summed E-state index contributed by atoms with van der Waals surface area (Å²) >= 11 is 2.69. The number of thiazole rings is 2. The first-order valence-electron chi connectivity index (χ1n) is 6.50. The summed E-state index contributed by atoms with van der Waals surface area (Å²) < 4.78 is 12.9. The van der Waals surface area contributed by atoms with Crippen molar-refractivity contribution in [1.29, 1.82) is 0 Å². The van der Waals surface area contributed by atoms with Gasteiger partial charge in [-0.3, -0.25) is 10.1 Å².